The van der Waals surface area contributed by atoms with Gasteiger partial charge in [-0.3, -0.25) is 9.59 Å². The molecule has 0 radical (unpaired) electrons. The molecule has 254 valence electrons. The van der Waals surface area contributed by atoms with Gasteiger partial charge in [0.15, 0.2) is 5.79 Å². The van der Waals surface area contributed by atoms with Gasteiger partial charge in [0.2, 0.25) is 0 Å². The van der Waals surface area contributed by atoms with E-state index in [9.17, 15) is 14.7 Å². The Morgan fingerprint density at radius 3 is 1.57 bits per heavy atom. The summed E-state index contributed by atoms with van der Waals surface area (Å²) in [5.74, 6) is 3.50. The Morgan fingerprint density at radius 2 is 1.09 bits per heavy atom. The van der Waals surface area contributed by atoms with Gasteiger partial charge in [-0.1, -0.05) is 0 Å². The Kier molecular flexibility index (Phi) is 6.27. The van der Waals surface area contributed by atoms with Gasteiger partial charge in [-0.05, 0) is 145 Å². The molecule has 1 spiro atoms. The molecular formula is C38H54O8. The molecule has 1 heterocycles. The molecule has 0 aromatic carbocycles. The van der Waals surface area contributed by atoms with Crippen LogP contribution < -0.4 is 0 Å². The van der Waals surface area contributed by atoms with Crippen LogP contribution in [0.2, 0.25) is 0 Å². The summed E-state index contributed by atoms with van der Waals surface area (Å²) in [4.78, 5) is 28.2. The van der Waals surface area contributed by atoms with Crippen LogP contribution in [0, 0.1) is 63.6 Å². The first-order valence-corrected chi connectivity index (χ1v) is 18.9. The molecule has 4 atom stereocenters. The molecule has 0 aromatic rings. The summed E-state index contributed by atoms with van der Waals surface area (Å²) in [6.07, 6.45) is 16.9. The number of aliphatic hydroxyl groups is 1. The van der Waals surface area contributed by atoms with Crippen molar-refractivity contribution < 1.29 is 38.4 Å². The van der Waals surface area contributed by atoms with Gasteiger partial charge in [0.1, 0.15) is 13.2 Å². The van der Waals surface area contributed by atoms with E-state index in [-0.39, 0.29) is 30.8 Å². The minimum Gasteiger partial charge on any atom is -0.464 e. The first-order chi connectivity index (χ1) is 22.0. The summed E-state index contributed by atoms with van der Waals surface area (Å²) < 4.78 is 32.6. The van der Waals surface area contributed by atoms with Crippen LogP contribution in [0.15, 0.2) is 0 Å². The number of methoxy groups -OCH3 is 1. The lowest BCUT2D eigenvalue weighted by molar-refractivity contribution is -0.385. The zero-order valence-electron chi connectivity index (χ0n) is 27.8. The molecule has 46 heavy (non-hydrogen) atoms. The van der Waals surface area contributed by atoms with Crippen LogP contribution >= 0.6 is 0 Å². The van der Waals surface area contributed by atoms with Gasteiger partial charge in [0.25, 0.3) is 0 Å². The number of hydrogen-bond donors (Lipinski definition) is 1. The van der Waals surface area contributed by atoms with E-state index in [4.69, 9.17) is 23.7 Å². The fourth-order valence-corrected chi connectivity index (χ4v) is 15.0. The number of rotatable bonds is 7. The van der Waals surface area contributed by atoms with Crippen LogP contribution in [0.1, 0.15) is 109 Å². The van der Waals surface area contributed by atoms with E-state index < -0.39 is 27.6 Å². The summed E-state index contributed by atoms with van der Waals surface area (Å²) >= 11 is 0. The topological polar surface area (TPSA) is 101 Å². The second-order valence-electron chi connectivity index (χ2n) is 19.3. The Morgan fingerprint density at radius 1 is 0.630 bits per heavy atom. The summed E-state index contributed by atoms with van der Waals surface area (Å²) in [5, 5.41) is 11.3. The molecule has 13 rings (SSSR count). The molecule has 8 nitrogen and oxygen atoms in total. The maximum atomic E-state index is 14.1. The van der Waals surface area contributed by atoms with Crippen molar-refractivity contribution in [1.82, 2.24) is 0 Å². The standard InChI is InChI=1S/C38H54O8/c1-42-37-15-27-4-28(16-37)12-35(11-27,18-37)32(40)44-20-33(19-43-31(39)34-9-25-3-26(10-34)14-36(41,13-25)17-34)21-45-38(46-22-33)29-5-23-2-24(7-29)8-30(38)6-23/h23-30,41H,2-22H2,1H3. The van der Waals surface area contributed by atoms with Crippen LogP contribution in [0.3, 0.4) is 0 Å². The highest BCUT2D eigenvalue weighted by molar-refractivity contribution is 5.78. The van der Waals surface area contributed by atoms with Crippen LogP contribution in [0.25, 0.3) is 0 Å². The molecule has 8 heteroatoms. The van der Waals surface area contributed by atoms with E-state index in [1.807, 2.05) is 7.11 Å². The lowest BCUT2D eigenvalue weighted by atomic mass is 9.48. The van der Waals surface area contributed by atoms with Crippen molar-refractivity contribution in [2.75, 3.05) is 33.5 Å². The molecule has 0 aromatic heterocycles. The fraction of sp³-hybridized carbons (Fsp3) is 0.947. The largest absolute Gasteiger partial charge is 0.464 e. The third-order valence-corrected chi connectivity index (χ3v) is 15.8. The molecule has 1 saturated heterocycles. The van der Waals surface area contributed by atoms with Gasteiger partial charge < -0.3 is 28.8 Å². The van der Waals surface area contributed by atoms with Gasteiger partial charge >= 0.3 is 11.9 Å². The second kappa shape index (κ2) is 9.72. The maximum Gasteiger partial charge on any atom is 0.312 e. The van der Waals surface area contributed by atoms with Crippen LogP contribution in [0.5, 0.6) is 0 Å². The SMILES string of the molecule is COC12CC3CC(C1)CC(C(=O)OCC1(COC(=O)C45CC6CC(CC(O)(C6)C4)C5)COC4(OC1)C1CC5CC(C1)CC4C5)(C3)C2. The number of esters is 2. The van der Waals surface area contributed by atoms with Gasteiger partial charge in [-0.2, -0.15) is 0 Å². The fourth-order valence-electron chi connectivity index (χ4n) is 15.0. The average Bonchev–Trinajstić information content (AvgIpc) is 3.00. The number of carbonyl (C=O) groups is 2. The van der Waals surface area contributed by atoms with E-state index in [1.54, 1.807) is 0 Å². The molecule has 12 aliphatic carbocycles. The predicted octanol–water partition coefficient (Wildman–Crippen LogP) is 5.58. The highest BCUT2D eigenvalue weighted by Gasteiger charge is 2.65. The molecule has 1 aliphatic heterocycles. The number of hydrogen-bond acceptors (Lipinski definition) is 8. The Hall–Kier alpha value is -1.22. The first-order valence-electron chi connectivity index (χ1n) is 18.9. The minimum atomic E-state index is -0.744. The number of carbonyl (C=O) groups excluding carboxylic acids is 2. The van der Waals surface area contributed by atoms with Crippen LogP contribution in [-0.4, -0.2) is 67.6 Å². The zero-order chi connectivity index (χ0) is 31.2. The van der Waals surface area contributed by atoms with Crippen molar-refractivity contribution in [2.24, 2.45) is 63.6 Å². The third kappa shape index (κ3) is 4.30. The monoisotopic (exact) mass is 638 g/mol. The summed E-state index contributed by atoms with van der Waals surface area (Å²) in [5.41, 5.74) is -2.74. The van der Waals surface area contributed by atoms with E-state index >= 15 is 0 Å². The lowest BCUT2D eigenvalue weighted by Gasteiger charge is -2.62. The highest BCUT2D eigenvalue weighted by atomic mass is 16.7. The first kappa shape index (κ1) is 29.7. The lowest BCUT2D eigenvalue weighted by Crippen LogP contribution is -2.66. The van der Waals surface area contributed by atoms with Crippen molar-refractivity contribution >= 4 is 11.9 Å². The summed E-state index contributed by atoms with van der Waals surface area (Å²) in [7, 11) is 1.81. The molecule has 13 fully saturated rings. The normalized spacial score (nSPS) is 56.9. The number of ether oxygens (including phenoxy) is 5. The molecule has 12 bridgehead atoms. The van der Waals surface area contributed by atoms with Crippen molar-refractivity contribution in [3.63, 3.8) is 0 Å². The Balaban J connectivity index is 0.883. The Labute approximate surface area is 273 Å². The summed E-state index contributed by atoms with van der Waals surface area (Å²) in [6, 6.07) is 0. The van der Waals surface area contributed by atoms with Crippen molar-refractivity contribution in [3.8, 4) is 0 Å². The zero-order valence-corrected chi connectivity index (χ0v) is 27.8. The molecule has 0 amide bonds. The van der Waals surface area contributed by atoms with E-state index in [1.165, 1.54) is 38.5 Å². The van der Waals surface area contributed by atoms with E-state index in [0.717, 1.165) is 76.0 Å². The smallest absolute Gasteiger partial charge is 0.312 e. The van der Waals surface area contributed by atoms with Crippen molar-refractivity contribution in [3.05, 3.63) is 0 Å². The maximum absolute atomic E-state index is 14.1. The molecular weight excluding hydrogens is 584 g/mol. The quantitative estimate of drug-likeness (QED) is 0.361. The molecule has 12 saturated carbocycles. The van der Waals surface area contributed by atoms with E-state index in [0.29, 0.717) is 55.1 Å². The third-order valence-electron chi connectivity index (χ3n) is 15.8. The van der Waals surface area contributed by atoms with Crippen molar-refractivity contribution in [2.45, 2.75) is 126 Å². The minimum absolute atomic E-state index is 0.105. The van der Waals surface area contributed by atoms with Gasteiger partial charge in [0.05, 0.1) is 40.7 Å². The van der Waals surface area contributed by atoms with Gasteiger partial charge in [-0.25, -0.2) is 0 Å². The van der Waals surface area contributed by atoms with E-state index in [2.05, 4.69) is 0 Å². The summed E-state index contributed by atoms with van der Waals surface area (Å²) in [6.45, 7) is 0.997. The van der Waals surface area contributed by atoms with Crippen LogP contribution in [-0.2, 0) is 33.3 Å². The van der Waals surface area contributed by atoms with Crippen LogP contribution in [0.4, 0.5) is 0 Å². The highest BCUT2D eigenvalue weighted by Crippen LogP contribution is 2.65. The van der Waals surface area contributed by atoms with Gasteiger partial charge in [-0.15, -0.1) is 0 Å². The molecule has 1 N–H and O–H groups in total. The predicted molar refractivity (Wildman–Crippen MR) is 165 cm³/mol. The van der Waals surface area contributed by atoms with Crippen molar-refractivity contribution in [1.29, 1.82) is 0 Å². The molecule has 4 unspecified atom stereocenters. The second-order valence-corrected chi connectivity index (χ2v) is 19.3. The average molecular weight is 639 g/mol. The van der Waals surface area contributed by atoms with Gasteiger partial charge in [0, 0.05) is 18.9 Å². The Bertz CT molecular complexity index is 1240. The molecule has 13 aliphatic rings.